The highest BCUT2D eigenvalue weighted by atomic mass is 35.5. The molecule has 108 valence electrons. The molecule has 0 aromatic heterocycles. The van der Waals surface area contributed by atoms with Crippen molar-refractivity contribution in [3.63, 3.8) is 0 Å². The summed E-state index contributed by atoms with van der Waals surface area (Å²) < 4.78 is 10.5. The van der Waals surface area contributed by atoms with Gasteiger partial charge in [-0.2, -0.15) is 0 Å². The SMILES string of the molecule is O=C(O)CNC(=O)[C@H](CCl)Cc1ccc2c(c1)OCO2. The lowest BCUT2D eigenvalue weighted by Crippen LogP contribution is -2.36. The minimum absolute atomic E-state index is 0.111. The molecule has 1 aliphatic heterocycles. The van der Waals surface area contributed by atoms with Crippen molar-refractivity contribution in [2.24, 2.45) is 5.92 Å². The number of carbonyl (C=O) groups is 2. The van der Waals surface area contributed by atoms with Crippen LogP contribution in [0.2, 0.25) is 0 Å². The average Bonchev–Trinajstić information content (AvgIpc) is 2.89. The van der Waals surface area contributed by atoms with Crippen LogP contribution in [0.25, 0.3) is 0 Å². The number of alkyl halides is 1. The Labute approximate surface area is 120 Å². The summed E-state index contributed by atoms with van der Waals surface area (Å²) in [7, 11) is 0. The molecule has 7 heteroatoms. The van der Waals surface area contributed by atoms with Crippen molar-refractivity contribution in [2.75, 3.05) is 19.2 Å². The number of ether oxygens (including phenoxy) is 2. The van der Waals surface area contributed by atoms with E-state index in [0.717, 1.165) is 5.56 Å². The Balaban J connectivity index is 1.99. The fourth-order valence-electron chi connectivity index (χ4n) is 1.88. The Morgan fingerprint density at radius 2 is 2.10 bits per heavy atom. The molecule has 1 atom stereocenters. The van der Waals surface area contributed by atoms with Crippen LogP contribution in [0.3, 0.4) is 0 Å². The maximum absolute atomic E-state index is 11.8. The summed E-state index contributed by atoms with van der Waals surface area (Å²) in [6.07, 6.45) is 0.408. The van der Waals surface area contributed by atoms with Crippen LogP contribution in [-0.4, -0.2) is 36.2 Å². The standard InChI is InChI=1S/C13H14ClNO5/c14-5-9(13(18)15-6-12(16)17)3-8-1-2-10-11(4-8)20-7-19-10/h1-2,4,9H,3,5-7H2,(H,15,18)(H,16,17)/t9-/m0/s1. The van der Waals surface area contributed by atoms with E-state index in [9.17, 15) is 9.59 Å². The first-order valence-corrected chi connectivity index (χ1v) is 6.57. The van der Waals surface area contributed by atoms with E-state index in [0.29, 0.717) is 17.9 Å². The van der Waals surface area contributed by atoms with E-state index in [1.807, 2.05) is 6.07 Å². The second-order valence-corrected chi connectivity index (χ2v) is 4.66. The molecule has 1 aromatic carbocycles. The number of halogens is 1. The van der Waals surface area contributed by atoms with E-state index in [-0.39, 0.29) is 18.6 Å². The van der Waals surface area contributed by atoms with E-state index in [4.69, 9.17) is 26.2 Å². The van der Waals surface area contributed by atoms with Crippen molar-refractivity contribution in [3.05, 3.63) is 23.8 Å². The Morgan fingerprint density at radius 3 is 2.80 bits per heavy atom. The van der Waals surface area contributed by atoms with Gasteiger partial charge in [0, 0.05) is 5.88 Å². The topological polar surface area (TPSA) is 84.9 Å². The Morgan fingerprint density at radius 1 is 1.35 bits per heavy atom. The minimum atomic E-state index is -1.09. The number of carboxylic acids is 1. The molecule has 2 rings (SSSR count). The van der Waals surface area contributed by atoms with Crippen molar-refractivity contribution in [1.82, 2.24) is 5.32 Å². The van der Waals surface area contributed by atoms with Crippen LogP contribution in [0, 0.1) is 5.92 Å². The molecule has 0 saturated carbocycles. The van der Waals surface area contributed by atoms with Crippen molar-refractivity contribution >= 4 is 23.5 Å². The number of rotatable bonds is 6. The number of benzene rings is 1. The van der Waals surface area contributed by atoms with Gasteiger partial charge in [0.05, 0.1) is 5.92 Å². The summed E-state index contributed by atoms with van der Waals surface area (Å²) >= 11 is 5.78. The monoisotopic (exact) mass is 299 g/mol. The van der Waals surface area contributed by atoms with E-state index in [2.05, 4.69) is 5.32 Å². The molecule has 0 radical (unpaired) electrons. The first kappa shape index (κ1) is 14.5. The van der Waals surface area contributed by atoms with Crippen molar-refractivity contribution < 1.29 is 24.2 Å². The average molecular weight is 300 g/mol. The molecule has 0 fully saturated rings. The maximum atomic E-state index is 11.8. The molecule has 1 amide bonds. The summed E-state index contributed by atoms with van der Waals surface area (Å²) in [6, 6.07) is 5.40. The molecule has 0 saturated heterocycles. The second kappa shape index (κ2) is 6.47. The molecule has 1 aliphatic rings. The fourth-order valence-corrected chi connectivity index (χ4v) is 2.13. The zero-order chi connectivity index (χ0) is 14.5. The Hall–Kier alpha value is -1.95. The first-order chi connectivity index (χ1) is 9.60. The van der Waals surface area contributed by atoms with Gasteiger partial charge >= 0.3 is 5.97 Å². The molecule has 0 aliphatic carbocycles. The van der Waals surface area contributed by atoms with Gasteiger partial charge in [0.15, 0.2) is 11.5 Å². The quantitative estimate of drug-likeness (QED) is 0.766. The third-order valence-electron chi connectivity index (χ3n) is 2.89. The minimum Gasteiger partial charge on any atom is -0.480 e. The van der Waals surface area contributed by atoms with Crippen LogP contribution in [0.5, 0.6) is 11.5 Å². The van der Waals surface area contributed by atoms with Crippen molar-refractivity contribution in [1.29, 1.82) is 0 Å². The van der Waals surface area contributed by atoms with Gasteiger partial charge in [-0.1, -0.05) is 6.07 Å². The number of hydrogen-bond donors (Lipinski definition) is 2. The maximum Gasteiger partial charge on any atom is 0.322 e. The summed E-state index contributed by atoms with van der Waals surface area (Å²) in [6.45, 7) is -0.218. The second-order valence-electron chi connectivity index (χ2n) is 4.35. The zero-order valence-corrected chi connectivity index (χ0v) is 11.4. The molecule has 0 bridgehead atoms. The number of nitrogens with one attached hydrogen (secondary N) is 1. The van der Waals surface area contributed by atoms with E-state index >= 15 is 0 Å². The summed E-state index contributed by atoms with van der Waals surface area (Å²) in [5, 5.41) is 10.9. The predicted molar refractivity (Wildman–Crippen MR) is 71.1 cm³/mol. The fraction of sp³-hybridized carbons (Fsp3) is 0.385. The van der Waals surface area contributed by atoms with Crippen LogP contribution < -0.4 is 14.8 Å². The molecule has 6 nitrogen and oxygen atoms in total. The van der Waals surface area contributed by atoms with Crippen molar-refractivity contribution in [3.8, 4) is 11.5 Å². The molecule has 1 heterocycles. The van der Waals surface area contributed by atoms with Crippen molar-refractivity contribution in [2.45, 2.75) is 6.42 Å². The number of hydrogen-bond acceptors (Lipinski definition) is 4. The number of carboxylic acid groups (broad SMARTS) is 1. The van der Waals surface area contributed by atoms with Gasteiger partial charge < -0.3 is 19.9 Å². The third kappa shape index (κ3) is 3.54. The van der Waals surface area contributed by atoms with Gasteiger partial charge in [-0.25, -0.2) is 0 Å². The summed E-state index contributed by atoms with van der Waals surface area (Å²) in [4.78, 5) is 22.2. The largest absolute Gasteiger partial charge is 0.480 e. The van der Waals surface area contributed by atoms with Gasteiger partial charge in [-0.05, 0) is 24.1 Å². The lowest BCUT2D eigenvalue weighted by Gasteiger charge is -2.13. The molecule has 0 unspecified atom stereocenters. The van der Waals surface area contributed by atoms with Crippen LogP contribution in [0.1, 0.15) is 5.56 Å². The van der Waals surface area contributed by atoms with E-state index < -0.39 is 18.4 Å². The number of amides is 1. The molecular weight excluding hydrogens is 286 g/mol. The summed E-state index contributed by atoms with van der Waals surface area (Å²) in [5.41, 5.74) is 0.880. The molecule has 0 spiro atoms. The Bertz CT molecular complexity index is 519. The van der Waals surface area contributed by atoms with E-state index in [1.165, 1.54) is 0 Å². The van der Waals surface area contributed by atoms with Crippen LogP contribution in [-0.2, 0) is 16.0 Å². The highest BCUT2D eigenvalue weighted by Crippen LogP contribution is 2.33. The van der Waals surface area contributed by atoms with Gasteiger partial charge in [0.2, 0.25) is 12.7 Å². The molecule has 1 aromatic rings. The lowest BCUT2D eigenvalue weighted by atomic mass is 10.00. The van der Waals surface area contributed by atoms with Crippen LogP contribution in [0.4, 0.5) is 0 Å². The van der Waals surface area contributed by atoms with Crippen LogP contribution in [0.15, 0.2) is 18.2 Å². The third-order valence-corrected chi connectivity index (χ3v) is 3.26. The lowest BCUT2D eigenvalue weighted by molar-refractivity contribution is -0.138. The van der Waals surface area contributed by atoms with Gasteiger partial charge in [-0.15, -0.1) is 11.6 Å². The smallest absolute Gasteiger partial charge is 0.322 e. The van der Waals surface area contributed by atoms with Gasteiger partial charge in [0.1, 0.15) is 6.54 Å². The highest BCUT2D eigenvalue weighted by molar-refractivity contribution is 6.19. The highest BCUT2D eigenvalue weighted by Gasteiger charge is 2.20. The predicted octanol–water partition coefficient (Wildman–Crippen LogP) is 1.01. The number of carbonyl (C=O) groups excluding carboxylic acids is 1. The Kier molecular flexibility index (Phi) is 4.68. The molecular formula is C13H14ClNO5. The molecule has 2 N–H and O–H groups in total. The van der Waals surface area contributed by atoms with E-state index in [1.54, 1.807) is 12.1 Å². The van der Waals surface area contributed by atoms with Gasteiger partial charge in [0.25, 0.3) is 0 Å². The number of fused-ring (bicyclic) bond motifs is 1. The summed E-state index contributed by atoms with van der Waals surface area (Å²) in [5.74, 6) is -0.528. The number of aliphatic carboxylic acids is 1. The first-order valence-electron chi connectivity index (χ1n) is 6.04. The normalized spacial score (nSPS) is 13.8. The van der Waals surface area contributed by atoms with Crippen LogP contribution >= 0.6 is 11.6 Å². The molecule has 20 heavy (non-hydrogen) atoms. The van der Waals surface area contributed by atoms with Gasteiger partial charge in [-0.3, -0.25) is 9.59 Å². The zero-order valence-electron chi connectivity index (χ0n) is 10.6.